The van der Waals surface area contributed by atoms with E-state index >= 15 is 0 Å². The summed E-state index contributed by atoms with van der Waals surface area (Å²) >= 11 is 0. The molecular weight excluding hydrogens is 382 g/mol. The fourth-order valence-corrected chi connectivity index (χ4v) is 2.74. The van der Waals surface area contributed by atoms with E-state index in [4.69, 9.17) is 5.11 Å². The van der Waals surface area contributed by atoms with Crippen LogP contribution in [0.1, 0.15) is 67.7 Å². The second-order valence-corrected chi connectivity index (χ2v) is 8.95. The molecule has 30 heavy (non-hydrogen) atoms. The van der Waals surface area contributed by atoms with Crippen LogP contribution >= 0.6 is 0 Å². The first-order valence-corrected chi connectivity index (χ1v) is 10.9. The highest BCUT2D eigenvalue weighted by Crippen LogP contribution is 2.14. The minimum Gasteiger partial charge on any atom is -0.478 e. The normalized spacial score (nSPS) is 17.8. The fraction of sp³-hybridized carbons (Fsp3) is 0.783. The molecule has 7 heteroatoms. The maximum absolute atomic E-state index is 11.7. The van der Waals surface area contributed by atoms with Crippen molar-refractivity contribution < 1.29 is 19.5 Å². The molecule has 0 bridgehead atoms. The summed E-state index contributed by atoms with van der Waals surface area (Å²) < 4.78 is 0. The highest BCUT2D eigenvalue weighted by molar-refractivity contribution is 5.86. The summed E-state index contributed by atoms with van der Waals surface area (Å²) in [5.74, 6) is -0.368. The second kappa shape index (κ2) is 16.9. The molecule has 0 spiro atoms. The lowest BCUT2D eigenvalue weighted by atomic mass is 10.00. The summed E-state index contributed by atoms with van der Waals surface area (Å²) in [7, 11) is 3.80. The Morgan fingerprint density at radius 1 is 1.20 bits per heavy atom. The van der Waals surface area contributed by atoms with Gasteiger partial charge in [0.05, 0.1) is 12.6 Å². The third-order valence-corrected chi connectivity index (χ3v) is 4.75. The van der Waals surface area contributed by atoms with Crippen molar-refractivity contribution in [1.82, 2.24) is 15.1 Å². The molecule has 0 aliphatic carbocycles. The summed E-state index contributed by atoms with van der Waals surface area (Å²) in [6.45, 7) is 15.3. The third-order valence-electron chi connectivity index (χ3n) is 4.75. The van der Waals surface area contributed by atoms with E-state index in [1.807, 2.05) is 13.8 Å². The van der Waals surface area contributed by atoms with Crippen molar-refractivity contribution in [3.8, 4) is 0 Å². The van der Waals surface area contributed by atoms with Gasteiger partial charge >= 0.3 is 5.97 Å². The molecule has 1 rings (SSSR count). The zero-order valence-electron chi connectivity index (χ0n) is 20.6. The van der Waals surface area contributed by atoms with Crippen LogP contribution in [-0.2, 0) is 14.4 Å². The summed E-state index contributed by atoms with van der Waals surface area (Å²) in [5, 5.41) is 11.1. The third kappa shape index (κ3) is 15.0. The van der Waals surface area contributed by atoms with Crippen LogP contribution in [0.25, 0.3) is 0 Å². The summed E-state index contributed by atoms with van der Waals surface area (Å²) in [4.78, 5) is 36.5. The van der Waals surface area contributed by atoms with Crippen LogP contribution in [0.5, 0.6) is 0 Å². The van der Waals surface area contributed by atoms with Gasteiger partial charge < -0.3 is 20.2 Å². The van der Waals surface area contributed by atoms with Crippen LogP contribution in [-0.4, -0.2) is 72.5 Å². The maximum Gasteiger partial charge on any atom is 0.331 e. The Balaban J connectivity index is 0. The Hall–Kier alpha value is -1.89. The number of amides is 2. The van der Waals surface area contributed by atoms with Gasteiger partial charge in [-0.2, -0.15) is 0 Å². The molecular formula is C23H45N3O4. The van der Waals surface area contributed by atoms with E-state index in [1.165, 1.54) is 37.6 Å². The number of hydrogen-bond donors (Lipinski definition) is 2. The van der Waals surface area contributed by atoms with E-state index in [0.717, 1.165) is 12.0 Å². The molecule has 2 N–H and O–H groups in total. The van der Waals surface area contributed by atoms with Gasteiger partial charge in [-0.05, 0) is 52.1 Å². The number of hydrogen-bond acceptors (Lipinski definition) is 4. The molecule has 1 heterocycles. The number of carbonyl (C=O) groups is 3. The number of nitrogens with zero attached hydrogens (tertiary/aromatic N) is 2. The van der Waals surface area contributed by atoms with E-state index < -0.39 is 5.97 Å². The topological polar surface area (TPSA) is 90.0 Å². The highest BCUT2D eigenvalue weighted by atomic mass is 16.4. The van der Waals surface area contributed by atoms with Crippen molar-refractivity contribution in [3.63, 3.8) is 0 Å². The van der Waals surface area contributed by atoms with Crippen LogP contribution < -0.4 is 5.32 Å². The van der Waals surface area contributed by atoms with Crippen molar-refractivity contribution in [2.75, 3.05) is 27.2 Å². The van der Waals surface area contributed by atoms with E-state index in [1.54, 1.807) is 13.1 Å². The number of rotatable bonds is 7. The molecule has 2 atom stereocenters. The predicted octanol–water partition coefficient (Wildman–Crippen LogP) is 3.40. The van der Waals surface area contributed by atoms with Crippen LogP contribution in [0, 0.1) is 11.8 Å². The fourth-order valence-electron chi connectivity index (χ4n) is 2.74. The number of nitrogens with one attached hydrogen (secondary N) is 1. The highest BCUT2D eigenvalue weighted by Gasteiger charge is 2.21. The van der Waals surface area contributed by atoms with Crippen LogP contribution in [0.2, 0.25) is 0 Å². The Morgan fingerprint density at radius 2 is 1.73 bits per heavy atom. The lowest BCUT2D eigenvalue weighted by molar-refractivity contribution is -0.133. The molecule has 0 aromatic rings. The Labute approximate surface area is 183 Å². The Kier molecular flexibility index (Phi) is 17.0. The lowest BCUT2D eigenvalue weighted by Gasteiger charge is -2.29. The monoisotopic (exact) mass is 427 g/mol. The number of carbonyl (C=O) groups excluding carboxylic acids is 2. The van der Waals surface area contributed by atoms with E-state index in [9.17, 15) is 14.4 Å². The molecule has 1 aliphatic heterocycles. The van der Waals surface area contributed by atoms with E-state index in [-0.39, 0.29) is 30.0 Å². The second-order valence-electron chi connectivity index (χ2n) is 8.95. The zero-order valence-corrected chi connectivity index (χ0v) is 20.6. The first-order chi connectivity index (χ1) is 13.8. The van der Waals surface area contributed by atoms with Crippen molar-refractivity contribution in [1.29, 1.82) is 0 Å². The molecule has 0 saturated carbocycles. The SMILES string of the molecule is C/C(=C\[C@H](C(C)C)N(C)C(=O)CNC=O)C(=O)O.CC(C)C.CC1CCCCN1C. The van der Waals surface area contributed by atoms with Crippen molar-refractivity contribution >= 4 is 18.3 Å². The first-order valence-electron chi connectivity index (χ1n) is 10.9. The van der Waals surface area contributed by atoms with Gasteiger partial charge in [0.25, 0.3) is 0 Å². The van der Waals surface area contributed by atoms with Gasteiger partial charge in [0, 0.05) is 18.7 Å². The molecule has 0 aromatic carbocycles. The number of aliphatic carboxylic acids is 1. The Bertz CT molecular complexity index is 520. The van der Waals surface area contributed by atoms with Crippen molar-refractivity contribution in [3.05, 3.63) is 11.6 Å². The molecule has 176 valence electrons. The van der Waals surface area contributed by atoms with Gasteiger partial charge in [0.15, 0.2) is 0 Å². The number of carboxylic acids is 1. The molecule has 2 amide bonds. The summed E-state index contributed by atoms with van der Waals surface area (Å²) in [6.07, 6.45) is 6.24. The van der Waals surface area contributed by atoms with Gasteiger partial charge in [0.1, 0.15) is 0 Å². The molecule has 0 radical (unpaired) electrons. The molecule has 1 unspecified atom stereocenters. The van der Waals surface area contributed by atoms with Crippen LogP contribution in [0.4, 0.5) is 0 Å². The molecule has 1 saturated heterocycles. The van der Waals surface area contributed by atoms with Gasteiger partial charge in [-0.1, -0.05) is 47.1 Å². The van der Waals surface area contributed by atoms with Crippen LogP contribution in [0.15, 0.2) is 11.6 Å². The quantitative estimate of drug-likeness (QED) is 0.480. The molecule has 0 aromatic heterocycles. The number of carboxylic acid groups (broad SMARTS) is 1. The minimum absolute atomic E-state index is 0.0736. The van der Waals surface area contributed by atoms with Gasteiger partial charge in [-0.3, -0.25) is 9.59 Å². The summed E-state index contributed by atoms with van der Waals surface area (Å²) in [5.41, 5.74) is 0.191. The maximum atomic E-state index is 11.7. The zero-order chi connectivity index (χ0) is 23.9. The largest absolute Gasteiger partial charge is 0.478 e. The van der Waals surface area contributed by atoms with Gasteiger partial charge in [0.2, 0.25) is 12.3 Å². The Morgan fingerprint density at radius 3 is 2.07 bits per heavy atom. The number of likely N-dealkylation sites (N-methyl/N-ethyl adjacent to an activating group) is 1. The minimum atomic E-state index is -1.01. The van der Waals surface area contributed by atoms with Crippen LogP contribution in [0.3, 0.4) is 0 Å². The average molecular weight is 428 g/mol. The first kappa shape index (κ1) is 30.3. The predicted molar refractivity (Wildman–Crippen MR) is 123 cm³/mol. The molecule has 1 aliphatic rings. The average Bonchev–Trinajstić information content (AvgIpc) is 2.65. The molecule has 7 nitrogen and oxygen atoms in total. The standard InChI is InChI=1S/C12H20N2O4.C7H15N.C4H10/c1-8(2)10(5-9(3)12(17)18)14(4)11(16)6-13-7-15;1-7-5-3-4-6-8(7)2;1-4(2)3/h5,7-8,10H,6H2,1-4H3,(H,13,15)(H,17,18);7H,3-6H2,1-2H3;4H,1-3H3/b9-5+;;/t10-;;/m1../s1. The lowest BCUT2D eigenvalue weighted by Crippen LogP contribution is -2.43. The van der Waals surface area contributed by atoms with Crippen molar-refractivity contribution in [2.45, 2.75) is 79.8 Å². The number of likely N-dealkylation sites (tertiary alicyclic amines) is 1. The van der Waals surface area contributed by atoms with Gasteiger partial charge in [-0.25, -0.2) is 4.79 Å². The van der Waals surface area contributed by atoms with E-state index in [2.05, 4.69) is 45.0 Å². The van der Waals surface area contributed by atoms with E-state index in [0.29, 0.717) is 6.41 Å². The van der Waals surface area contributed by atoms with Gasteiger partial charge in [-0.15, -0.1) is 0 Å². The smallest absolute Gasteiger partial charge is 0.331 e. The number of piperidine rings is 1. The van der Waals surface area contributed by atoms with Crippen molar-refractivity contribution in [2.24, 2.45) is 11.8 Å². The molecule has 1 fully saturated rings. The summed E-state index contributed by atoms with van der Waals surface area (Å²) in [6, 6.07) is 0.519.